The van der Waals surface area contributed by atoms with E-state index in [2.05, 4.69) is 55.1 Å². The van der Waals surface area contributed by atoms with Crippen molar-refractivity contribution in [2.75, 3.05) is 6.61 Å². The van der Waals surface area contributed by atoms with Gasteiger partial charge in [-0.1, -0.05) is 66.7 Å². The molecule has 0 unspecified atom stereocenters. The van der Waals surface area contributed by atoms with Crippen LogP contribution in [0.25, 0.3) is 0 Å². The molecule has 2 aromatic carbocycles. The van der Waals surface area contributed by atoms with Crippen LogP contribution in [-0.2, 0) is 4.52 Å². The molecule has 0 saturated carbocycles. The Labute approximate surface area is 110 Å². The summed E-state index contributed by atoms with van der Waals surface area (Å²) >= 11 is 0. The maximum Gasteiger partial charge on any atom is 0.0917 e. The zero-order chi connectivity index (χ0) is 12.6. The van der Waals surface area contributed by atoms with E-state index in [1.807, 2.05) is 18.2 Å². The van der Waals surface area contributed by atoms with Crippen molar-refractivity contribution in [1.82, 2.24) is 0 Å². The van der Waals surface area contributed by atoms with Crippen LogP contribution in [0.15, 0.2) is 73.3 Å². The van der Waals surface area contributed by atoms with Gasteiger partial charge in [0.15, 0.2) is 0 Å². The molecule has 92 valence electrons. The number of benzene rings is 2. The van der Waals surface area contributed by atoms with Gasteiger partial charge in [-0.25, -0.2) is 0 Å². The maximum atomic E-state index is 6.05. The second-order valence-corrected chi connectivity index (χ2v) is 5.76. The van der Waals surface area contributed by atoms with Crippen LogP contribution in [0.4, 0.5) is 0 Å². The molecule has 0 bridgehead atoms. The SMILES string of the molecule is C=CCCOP(c1ccccc1)c1ccccc1. The molecule has 2 rings (SSSR count). The van der Waals surface area contributed by atoms with Gasteiger partial charge in [0.1, 0.15) is 0 Å². The Balaban J connectivity index is 2.21. The van der Waals surface area contributed by atoms with Crippen molar-refractivity contribution in [3.8, 4) is 0 Å². The fraction of sp³-hybridized carbons (Fsp3) is 0.125. The van der Waals surface area contributed by atoms with Crippen molar-refractivity contribution in [3.05, 3.63) is 73.3 Å². The average molecular weight is 256 g/mol. The molecule has 0 aliphatic carbocycles. The first-order chi connectivity index (χ1) is 8.92. The molecule has 0 radical (unpaired) electrons. The molecule has 2 heteroatoms. The summed E-state index contributed by atoms with van der Waals surface area (Å²) in [5.74, 6) is 0. The molecule has 0 N–H and O–H groups in total. The first kappa shape index (κ1) is 13.0. The van der Waals surface area contributed by atoms with Gasteiger partial charge in [0, 0.05) is 10.6 Å². The Morgan fingerprint density at radius 2 is 1.39 bits per heavy atom. The van der Waals surface area contributed by atoms with Crippen LogP contribution in [0.3, 0.4) is 0 Å². The van der Waals surface area contributed by atoms with E-state index in [4.69, 9.17) is 4.52 Å². The lowest BCUT2D eigenvalue weighted by Gasteiger charge is -2.18. The molecule has 0 amide bonds. The van der Waals surface area contributed by atoms with Crippen LogP contribution >= 0.6 is 8.15 Å². The minimum atomic E-state index is -0.710. The van der Waals surface area contributed by atoms with Gasteiger partial charge >= 0.3 is 0 Å². The van der Waals surface area contributed by atoms with E-state index >= 15 is 0 Å². The zero-order valence-electron chi connectivity index (χ0n) is 10.3. The summed E-state index contributed by atoms with van der Waals surface area (Å²) in [6.07, 6.45) is 2.78. The largest absolute Gasteiger partial charge is 0.349 e. The fourth-order valence-corrected chi connectivity index (χ4v) is 3.42. The second kappa shape index (κ2) is 7.10. The van der Waals surface area contributed by atoms with Crippen molar-refractivity contribution in [2.45, 2.75) is 6.42 Å². The summed E-state index contributed by atoms with van der Waals surface area (Å²) in [6.45, 7) is 4.45. The molecule has 0 atom stereocenters. The molecular formula is C16H17OP. The summed E-state index contributed by atoms with van der Waals surface area (Å²) in [7, 11) is -0.710. The third-order valence-electron chi connectivity index (χ3n) is 2.52. The van der Waals surface area contributed by atoms with Crippen molar-refractivity contribution in [3.63, 3.8) is 0 Å². The van der Waals surface area contributed by atoms with Crippen molar-refractivity contribution < 1.29 is 4.52 Å². The van der Waals surface area contributed by atoms with Gasteiger partial charge in [-0.3, -0.25) is 0 Å². The number of rotatable bonds is 6. The lowest BCUT2D eigenvalue weighted by atomic mass is 10.4. The summed E-state index contributed by atoms with van der Waals surface area (Å²) < 4.78 is 6.05. The highest BCUT2D eigenvalue weighted by Gasteiger charge is 2.13. The normalized spacial score (nSPS) is 10.5. The third kappa shape index (κ3) is 3.53. The van der Waals surface area contributed by atoms with Crippen LogP contribution in [0, 0.1) is 0 Å². The van der Waals surface area contributed by atoms with E-state index < -0.39 is 8.15 Å². The summed E-state index contributed by atoms with van der Waals surface area (Å²) in [6, 6.07) is 20.8. The molecule has 0 aromatic heterocycles. The van der Waals surface area contributed by atoms with Gasteiger partial charge in [-0.05, 0) is 6.42 Å². The highest BCUT2D eigenvalue weighted by atomic mass is 31.1. The average Bonchev–Trinajstić information content (AvgIpc) is 2.46. The monoisotopic (exact) mass is 256 g/mol. The first-order valence-electron chi connectivity index (χ1n) is 6.06. The van der Waals surface area contributed by atoms with E-state index in [9.17, 15) is 0 Å². The van der Waals surface area contributed by atoms with Crippen LogP contribution in [0.5, 0.6) is 0 Å². The summed E-state index contributed by atoms with van der Waals surface area (Å²) in [5, 5.41) is 2.51. The fourth-order valence-electron chi connectivity index (χ4n) is 1.65. The van der Waals surface area contributed by atoms with Crippen molar-refractivity contribution in [2.24, 2.45) is 0 Å². The summed E-state index contributed by atoms with van der Waals surface area (Å²) in [5.41, 5.74) is 0. The highest BCUT2D eigenvalue weighted by Crippen LogP contribution is 2.34. The standard InChI is InChI=1S/C16H17OP/c1-2-3-14-17-18(15-10-6-4-7-11-15)16-12-8-5-9-13-16/h2,4-13H,1,3,14H2. The molecule has 0 fully saturated rings. The Morgan fingerprint density at radius 3 is 1.83 bits per heavy atom. The molecule has 0 aliphatic rings. The quantitative estimate of drug-likeness (QED) is 0.435. The predicted octanol–water partition coefficient (Wildman–Crippen LogP) is 3.63. The lowest BCUT2D eigenvalue weighted by Crippen LogP contribution is -2.13. The minimum Gasteiger partial charge on any atom is -0.349 e. The van der Waals surface area contributed by atoms with Crippen LogP contribution < -0.4 is 10.6 Å². The van der Waals surface area contributed by atoms with Crippen LogP contribution in [0.1, 0.15) is 6.42 Å². The van der Waals surface area contributed by atoms with Crippen molar-refractivity contribution >= 4 is 18.8 Å². The number of hydrogen-bond donors (Lipinski definition) is 0. The van der Waals surface area contributed by atoms with Gasteiger partial charge in [-0.15, -0.1) is 6.58 Å². The smallest absolute Gasteiger partial charge is 0.0917 e. The van der Waals surface area contributed by atoms with E-state index in [0.717, 1.165) is 13.0 Å². The predicted molar refractivity (Wildman–Crippen MR) is 79.8 cm³/mol. The van der Waals surface area contributed by atoms with Gasteiger partial charge in [0.25, 0.3) is 0 Å². The van der Waals surface area contributed by atoms with Gasteiger partial charge in [-0.2, -0.15) is 0 Å². The van der Waals surface area contributed by atoms with E-state index in [-0.39, 0.29) is 0 Å². The second-order valence-electron chi connectivity index (χ2n) is 3.88. The minimum absolute atomic E-state index is 0.710. The van der Waals surface area contributed by atoms with Gasteiger partial charge in [0.05, 0.1) is 14.8 Å². The zero-order valence-corrected chi connectivity index (χ0v) is 11.2. The third-order valence-corrected chi connectivity index (χ3v) is 4.50. The van der Waals surface area contributed by atoms with Gasteiger partial charge in [0.2, 0.25) is 0 Å². The molecule has 0 aliphatic heterocycles. The lowest BCUT2D eigenvalue weighted by molar-refractivity contribution is 0.370. The Morgan fingerprint density at radius 1 is 0.889 bits per heavy atom. The van der Waals surface area contributed by atoms with Gasteiger partial charge < -0.3 is 4.52 Å². The Kier molecular flexibility index (Phi) is 5.14. The van der Waals surface area contributed by atoms with E-state index in [0.29, 0.717) is 0 Å². The molecule has 18 heavy (non-hydrogen) atoms. The summed E-state index contributed by atoms with van der Waals surface area (Å²) in [4.78, 5) is 0. The number of hydrogen-bond acceptors (Lipinski definition) is 1. The molecule has 0 heterocycles. The van der Waals surface area contributed by atoms with Crippen molar-refractivity contribution in [1.29, 1.82) is 0 Å². The molecular weight excluding hydrogens is 239 g/mol. The van der Waals surface area contributed by atoms with Crippen LogP contribution in [-0.4, -0.2) is 6.61 Å². The topological polar surface area (TPSA) is 9.23 Å². The molecule has 1 nitrogen and oxygen atoms in total. The highest BCUT2D eigenvalue weighted by molar-refractivity contribution is 7.68. The molecule has 2 aromatic rings. The first-order valence-corrected chi connectivity index (χ1v) is 7.32. The van der Waals surface area contributed by atoms with E-state index in [1.165, 1.54) is 10.6 Å². The Bertz CT molecular complexity index is 427. The molecule has 0 spiro atoms. The maximum absolute atomic E-state index is 6.05. The van der Waals surface area contributed by atoms with Crippen LogP contribution in [0.2, 0.25) is 0 Å². The molecule has 0 saturated heterocycles. The van der Waals surface area contributed by atoms with E-state index in [1.54, 1.807) is 0 Å². The Hall–Kier alpha value is -1.43.